The Morgan fingerprint density at radius 1 is 1.58 bits per heavy atom. The second kappa shape index (κ2) is 5.92. The summed E-state index contributed by atoms with van der Waals surface area (Å²) in [6.07, 6.45) is 0.464. The molecule has 19 heavy (non-hydrogen) atoms. The highest BCUT2D eigenvalue weighted by Gasteiger charge is 2.40. The molecule has 3 atom stereocenters. The predicted molar refractivity (Wildman–Crippen MR) is 78.1 cm³/mol. The fourth-order valence-electron chi connectivity index (χ4n) is 2.22. The van der Waals surface area contributed by atoms with Gasteiger partial charge < -0.3 is 15.3 Å². The van der Waals surface area contributed by atoms with Crippen molar-refractivity contribution in [2.45, 2.75) is 31.4 Å². The minimum atomic E-state index is -0.506. The first-order chi connectivity index (χ1) is 8.99. The number of halogens is 1. The first-order valence-corrected chi connectivity index (χ1v) is 7.22. The van der Waals surface area contributed by atoms with E-state index in [1.165, 1.54) is 10.5 Å². The normalized spacial score (nSPS) is 22.7. The lowest BCUT2D eigenvalue weighted by Gasteiger charge is -2.19. The van der Waals surface area contributed by atoms with Crippen molar-refractivity contribution in [2.24, 2.45) is 0 Å². The summed E-state index contributed by atoms with van der Waals surface area (Å²) in [5.41, 5.74) is 1.24. The number of urea groups is 1. The fourth-order valence-corrected chi connectivity index (χ4v) is 2.80. The maximum atomic E-state index is 11.9. The number of carbonyl (C=O) groups excluding carboxylic acids is 1. The van der Waals surface area contributed by atoms with Crippen molar-refractivity contribution >= 4 is 22.0 Å². The molecule has 1 saturated carbocycles. The molecule has 2 amide bonds. The third kappa shape index (κ3) is 3.70. The molecule has 5 heteroatoms. The number of amides is 2. The summed E-state index contributed by atoms with van der Waals surface area (Å²) in [7, 11) is 1.69. The van der Waals surface area contributed by atoms with Crippen LogP contribution in [0.2, 0.25) is 0 Å². The van der Waals surface area contributed by atoms with E-state index in [4.69, 9.17) is 0 Å². The third-order valence-electron chi connectivity index (χ3n) is 3.29. The van der Waals surface area contributed by atoms with Crippen LogP contribution < -0.4 is 5.32 Å². The van der Waals surface area contributed by atoms with Gasteiger partial charge in [-0.15, -0.1) is 0 Å². The standard InChI is InChI=1S/C14H19BrN2O2/c1-9(18)8-17(2)14(19)16-13-7-11(13)10-5-3-4-6-12(10)15/h3-6,9,11,13,18H,7-8H2,1-2H3,(H,16,19). The van der Waals surface area contributed by atoms with E-state index in [2.05, 4.69) is 27.3 Å². The number of aliphatic hydroxyl groups excluding tert-OH is 1. The highest BCUT2D eigenvalue weighted by Crippen LogP contribution is 2.43. The molecule has 1 aliphatic carbocycles. The SMILES string of the molecule is CC(O)CN(C)C(=O)NC1CC1c1ccccc1Br. The summed E-state index contributed by atoms with van der Waals surface area (Å²) in [6, 6.07) is 8.17. The summed E-state index contributed by atoms with van der Waals surface area (Å²) in [6.45, 7) is 2.02. The Morgan fingerprint density at radius 2 is 2.26 bits per heavy atom. The van der Waals surface area contributed by atoms with E-state index in [-0.39, 0.29) is 12.1 Å². The number of nitrogens with zero attached hydrogens (tertiary/aromatic N) is 1. The van der Waals surface area contributed by atoms with Crippen LogP contribution in [0.15, 0.2) is 28.7 Å². The quantitative estimate of drug-likeness (QED) is 0.892. The van der Waals surface area contributed by atoms with E-state index in [1.54, 1.807) is 14.0 Å². The van der Waals surface area contributed by atoms with Crippen LogP contribution in [0.1, 0.15) is 24.8 Å². The Hall–Kier alpha value is -1.07. The molecule has 1 aromatic carbocycles. The molecular weight excluding hydrogens is 308 g/mol. The van der Waals surface area contributed by atoms with Gasteiger partial charge in [0.25, 0.3) is 0 Å². The van der Waals surface area contributed by atoms with Crippen LogP contribution in [-0.4, -0.2) is 41.8 Å². The number of aliphatic hydroxyl groups is 1. The fraction of sp³-hybridized carbons (Fsp3) is 0.500. The van der Waals surface area contributed by atoms with Gasteiger partial charge in [0.2, 0.25) is 0 Å². The average molecular weight is 327 g/mol. The van der Waals surface area contributed by atoms with Crippen LogP contribution in [0, 0.1) is 0 Å². The largest absolute Gasteiger partial charge is 0.392 e. The smallest absolute Gasteiger partial charge is 0.317 e. The molecule has 0 saturated heterocycles. The third-order valence-corrected chi connectivity index (χ3v) is 4.01. The highest BCUT2D eigenvalue weighted by atomic mass is 79.9. The van der Waals surface area contributed by atoms with Crippen LogP contribution in [0.4, 0.5) is 4.79 Å². The molecule has 0 spiro atoms. The average Bonchev–Trinajstić information content (AvgIpc) is 3.07. The molecule has 0 radical (unpaired) electrons. The van der Waals surface area contributed by atoms with Gasteiger partial charge in [-0.25, -0.2) is 4.79 Å². The van der Waals surface area contributed by atoms with Crippen LogP contribution in [0.3, 0.4) is 0 Å². The topological polar surface area (TPSA) is 52.6 Å². The summed E-state index contributed by atoms with van der Waals surface area (Å²) in [5, 5.41) is 12.2. The lowest BCUT2D eigenvalue weighted by atomic mass is 10.1. The Kier molecular flexibility index (Phi) is 4.47. The van der Waals surface area contributed by atoms with Crippen molar-refractivity contribution in [3.63, 3.8) is 0 Å². The van der Waals surface area contributed by atoms with Gasteiger partial charge in [-0.3, -0.25) is 0 Å². The van der Waals surface area contributed by atoms with Crippen molar-refractivity contribution in [1.82, 2.24) is 10.2 Å². The lowest BCUT2D eigenvalue weighted by Crippen LogP contribution is -2.41. The van der Waals surface area contributed by atoms with Crippen molar-refractivity contribution < 1.29 is 9.90 Å². The summed E-state index contributed by atoms with van der Waals surface area (Å²) >= 11 is 3.54. The van der Waals surface area contributed by atoms with Gasteiger partial charge >= 0.3 is 6.03 Å². The van der Waals surface area contributed by atoms with E-state index in [1.807, 2.05) is 18.2 Å². The zero-order chi connectivity index (χ0) is 14.0. The molecule has 0 bridgehead atoms. The molecule has 1 aliphatic rings. The molecule has 2 N–H and O–H groups in total. The molecule has 0 heterocycles. The molecule has 0 aliphatic heterocycles. The molecule has 1 aromatic rings. The second-order valence-corrected chi connectivity index (χ2v) is 6.00. The molecule has 104 valence electrons. The number of nitrogens with one attached hydrogen (secondary N) is 1. The number of hydrogen-bond acceptors (Lipinski definition) is 2. The van der Waals surface area contributed by atoms with Crippen molar-refractivity contribution in [3.05, 3.63) is 34.3 Å². The van der Waals surface area contributed by atoms with Gasteiger partial charge in [0.15, 0.2) is 0 Å². The number of rotatable bonds is 4. The zero-order valence-corrected chi connectivity index (χ0v) is 12.7. The van der Waals surface area contributed by atoms with E-state index in [9.17, 15) is 9.90 Å². The summed E-state index contributed by atoms with van der Waals surface area (Å²) < 4.78 is 1.09. The minimum absolute atomic E-state index is 0.125. The monoisotopic (exact) mass is 326 g/mol. The Labute approximate surface area is 121 Å². The van der Waals surface area contributed by atoms with Gasteiger partial charge in [-0.05, 0) is 25.0 Å². The first kappa shape index (κ1) is 14.3. The van der Waals surface area contributed by atoms with Crippen LogP contribution >= 0.6 is 15.9 Å². The Bertz CT molecular complexity index is 465. The van der Waals surface area contributed by atoms with E-state index >= 15 is 0 Å². The Balaban J connectivity index is 1.87. The van der Waals surface area contributed by atoms with E-state index < -0.39 is 6.10 Å². The van der Waals surface area contributed by atoms with Gasteiger partial charge in [-0.1, -0.05) is 34.1 Å². The maximum Gasteiger partial charge on any atom is 0.317 e. The van der Waals surface area contributed by atoms with Gasteiger partial charge in [0.05, 0.1) is 6.10 Å². The second-order valence-electron chi connectivity index (χ2n) is 5.15. The van der Waals surface area contributed by atoms with Gasteiger partial charge in [0, 0.05) is 30.0 Å². The minimum Gasteiger partial charge on any atom is -0.392 e. The molecule has 2 rings (SSSR count). The lowest BCUT2D eigenvalue weighted by molar-refractivity contribution is 0.143. The molecule has 4 nitrogen and oxygen atoms in total. The summed E-state index contributed by atoms with van der Waals surface area (Å²) in [5.74, 6) is 0.388. The van der Waals surface area contributed by atoms with E-state index in [0.29, 0.717) is 12.5 Å². The number of likely N-dealkylation sites (N-methyl/N-ethyl adjacent to an activating group) is 1. The zero-order valence-electron chi connectivity index (χ0n) is 11.1. The van der Waals surface area contributed by atoms with Crippen LogP contribution in [0.5, 0.6) is 0 Å². The molecule has 0 aromatic heterocycles. The molecular formula is C14H19BrN2O2. The van der Waals surface area contributed by atoms with Crippen LogP contribution in [-0.2, 0) is 0 Å². The molecule has 3 unspecified atom stereocenters. The first-order valence-electron chi connectivity index (χ1n) is 6.43. The highest BCUT2D eigenvalue weighted by molar-refractivity contribution is 9.10. The van der Waals surface area contributed by atoms with Crippen molar-refractivity contribution in [3.8, 4) is 0 Å². The Morgan fingerprint density at radius 3 is 2.89 bits per heavy atom. The van der Waals surface area contributed by atoms with E-state index in [0.717, 1.165) is 10.9 Å². The van der Waals surface area contributed by atoms with Crippen LogP contribution in [0.25, 0.3) is 0 Å². The maximum absolute atomic E-state index is 11.9. The van der Waals surface area contributed by atoms with Gasteiger partial charge in [0.1, 0.15) is 0 Å². The van der Waals surface area contributed by atoms with Crippen molar-refractivity contribution in [2.75, 3.05) is 13.6 Å². The van der Waals surface area contributed by atoms with Crippen molar-refractivity contribution in [1.29, 1.82) is 0 Å². The number of benzene rings is 1. The van der Waals surface area contributed by atoms with Gasteiger partial charge in [-0.2, -0.15) is 0 Å². The number of hydrogen-bond donors (Lipinski definition) is 2. The predicted octanol–water partition coefficient (Wildman–Crippen LogP) is 2.33. The molecule has 1 fully saturated rings. The number of carbonyl (C=O) groups is 1. The summed E-state index contributed by atoms with van der Waals surface area (Å²) in [4.78, 5) is 13.4.